The van der Waals surface area contributed by atoms with Crippen molar-refractivity contribution in [3.05, 3.63) is 54.1 Å². The van der Waals surface area contributed by atoms with Gasteiger partial charge >= 0.3 is 0 Å². The smallest absolute Gasteiger partial charge is 0.211 e. The number of hydrogen-bond acceptors (Lipinski definition) is 4. The van der Waals surface area contributed by atoms with E-state index in [1.165, 1.54) is 6.26 Å². The molecule has 1 fully saturated rings. The van der Waals surface area contributed by atoms with Crippen LogP contribution in [-0.4, -0.2) is 48.1 Å². The molecule has 124 valence electrons. The zero-order valence-electron chi connectivity index (χ0n) is 13.1. The van der Waals surface area contributed by atoms with Gasteiger partial charge in [-0.15, -0.1) is 0 Å². The highest BCUT2D eigenvalue weighted by atomic mass is 32.2. The largest absolute Gasteiger partial charge is 0.347 e. The second-order valence-electron chi connectivity index (χ2n) is 5.93. The van der Waals surface area contributed by atoms with E-state index in [2.05, 4.69) is 27.4 Å². The van der Waals surface area contributed by atoms with E-state index in [1.807, 2.05) is 18.2 Å². The van der Waals surface area contributed by atoms with Crippen LogP contribution >= 0.6 is 0 Å². The van der Waals surface area contributed by atoms with Crippen LogP contribution in [0.5, 0.6) is 0 Å². The lowest BCUT2D eigenvalue weighted by atomic mass is 10.0. The Balaban J connectivity index is 1.75. The Morgan fingerprint density at radius 3 is 2.83 bits per heavy atom. The van der Waals surface area contributed by atoms with Crippen molar-refractivity contribution in [1.82, 2.24) is 19.6 Å². The topological polar surface area (TPSA) is 78.1 Å². The summed E-state index contributed by atoms with van der Waals surface area (Å²) in [5.41, 5.74) is 2.10. The van der Waals surface area contributed by atoms with E-state index in [1.54, 1.807) is 16.8 Å². The average Bonchev–Trinajstić information content (AvgIpc) is 3.19. The Morgan fingerprint density at radius 1 is 1.39 bits per heavy atom. The van der Waals surface area contributed by atoms with Crippen molar-refractivity contribution in [3.8, 4) is 0 Å². The standard InChI is InChI=1S/C16H22N4O2S/c1-23(21,22)20-9-5-8-14(20)10-18-16(15-11-17-12-19-15)13-6-3-2-4-7-13/h2-4,6-7,11-12,14,16,18H,5,8-10H2,1H3,(H,17,19)/t14-,16?/m1/s1. The van der Waals surface area contributed by atoms with Gasteiger partial charge in [-0.3, -0.25) is 0 Å². The van der Waals surface area contributed by atoms with Gasteiger partial charge in [0.15, 0.2) is 0 Å². The summed E-state index contributed by atoms with van der Waals surface area (Å²) in [6.45, 7) is 1.23. The van der Waals surface area contributed by atoms with Gasteiger partial charge in [0.25, 0.3) is 0 Å². The maximum absolute atomic E-state index is 11.9. The van der Waals surface area contributed by atoms with Gasteiger partial charge < -0.3 is 10.3 Å². The second kappa shape index (κ2) is 6.82. The molecule has 6 nitrogen and oxygen atoms in total. The first-order valence-corrected chi connectivity index (χ1v) is 9.64. The molecule has 1 aromatic carbocycles. The van der Waals surface area contributed by atoms with E-state index in [4.69, 9.17) is 0 Å². The Morgan fingerprint density at radius 2 is 2.17 bits per heavy atom. The molecule has 2 N–H and O–H groups in total. The van der Waals surface area contributed by atoms with Gasteiger partial charge in [-0.2, -0.15) is 4.31 Å². The fourth-order valence-corrected chi connectivity index (χ4v) is 4.36. The van der Waals surface area contributed by atoms with E-state index in [0.29, 0.717) is 13.1 Å². The lowest BCUT2D eigenvalue weighted by molar-refractivity contribution is 0.366. The van der Waals surface area contributed by atoms with Crippen molar-refractivity contribution in [2.24, 2.45) is 0 Å². The highest BCUT2D eigenvalue weighted by Crippen LogP contribution is 2.23. The molecular formula is C16H22N4O2S. The third-order valence-corrected chi connectivity index (χ3v) is 5.60. The van der Waals surface area contributed by atoms with Gasteiger partial charge in [-0.05, 0) is 18.4 Å². The first kappa shape index (κ1) is 16.2. The number of sulfonamides is 1. The minimum atomic E-state index is -3.14. The quantitative estimate of drug-likeness (QED) is 0.839. The van der Waals surface area contributed by atoms with Crippen LogP contribution in [0, 0.1) is 0 Å². The molecule has 7 heteroatoms. The number of aromatic nitrogens is 2. The van der Waals surface area contributed by atoms with E-state index >= 15 is 0 Å². The van der Waals surface area contributed by atoms with Crippen molar-refractivity contribution < 1.29 is 8.42 Å². The second-order valence-corrected chi connectivity index (χ2v) is 7.86. The molecule has 1 aromatic heterocycles. The van der Waals surface area contributed by atoms with Crippen LogP contribution < -0.4 is 5.32 Å². The number of nitrogens with one attached hydrogen (secondary N) is 2. The minimum Gasteiger partial charge on any atom is -0.347 e. The highest BCUT2D eigenvalue weighted by Gasteiger charge is 2.31. The van der Waals surface area contributed by atoms with E-state index in [9.17, 15) is 8.42 Å². The summed E-state index contributed by atoms with van der Waals surface area (Å²) in [6.07, 6.45) is 6.55. The van der Waals surface area contributed by atoms with Crippen LogP contribution in [0.1, 0.15) is 30.1 Å². The normalized spacial score (nSPS) is 20.7. The Kier molecular flexibility index (Phi) is 4.79. The summed E-state index contributed by atoms with van der Waals surface area (Å²) in [6, 6.07) is 10.1. The Hall–Kier alpha value is -1.70. The fourth-order valence-electron chi connectivity index (χ4n) is 3.18. The molecule has 2 atom stereocenters. The van der Waals surface area contributed by atoms with Crippen LogP contribution in [0.4, 0.5) is 0 Å². The Labute approximate surface area is 137 Å². The van der Waals surface area contributed by atoms with Crippen molar-refractivity contribution in [2.45, 2.75) is 24.9 Å². The summed E-state index contributed by atoms with van der Waals surface area (Å²) in [5, 5.41) is 3.51. The average molecular weight is 334 g/mol. The molecule has 0 aliphatic carbocycles. The third kappa shape index (κ3) is 3.80. The molecule has 1 aliphatic rings. The van der Waals surface area contributed by atoms with Crippen molar-refractivity contribution >= 4 is 10.0 Å². The van der Waals surface area contributed by atoms with Gasteiger partial charge in [0.2, 0.25) is 10.0 Å². The van der Waals surface area contributed by atoms with Crippen molar-refractivity contribution in [2.75, 3.05) is 19.3 Å². The van der Waals surface area contributed by atoms with E-state index in [0.717, 1.165) is 24.1 Å². The lowest BCUT2D eigenvalue weighted by Gasteiger charge is -2.25. The lowest BCUT2D eigenvalue weighted by Crippen LogP contribution is -2.42. The predicted molar refractivity (Wildman–Crippen MR) is 89.4 cm³/mol. The third-order valence-electron chi connectivity index (χ3n) is 4.27. The molecule has 1 unspecified atom stereocenters. The highest BCUT2D eigenvalue weighted by molar-refractivity contribution is 7.88. The summed E-state index contributed by atoms with van der Waals surface area (Å²) in [7, 11) is -3.14. The number of hydrogen-bond donors (Lipinski definition) is 2. The molecule has 2 heterocycles. The maximum atomic E-state index is 11.9. The molecule has 0 spiro atoms. The zero-order chi connectivity index (χ0) is 16.3. The molecule has 0 amide bonds. The molecule has 0 radical (unpaired) electrons. The SMILES string of the molecule is CS(=O)(=O)N1CCC[C@@H]1CNC(c1ccccc1)c1cnc[nH]1. The molecule has 23 heavy (non-hydrogen) atoms. The van der Waals surface area contributed by atoms with Gasteiger partial charge in [0.05, 0.1) is 24.3 Å². The molecule has 1 saturated heterocycles. The van der Waals surface area contributed by atoms with Crippen LogP contribution in [0.15, 0.2) is 42.9 Å². The summed E-state index contributed by atoms with van der Waals surface area (Å²) < 4.78 is 25.3. The molecule has 2 aromatic rings. The fraction of sp³-hybridized carbons (Fsp3) is 0.438. The van der Waals surface area contributed by atoms with Gasteiger partial charge in [-0.1, -0.05) is 30.3 Å². The van der Waals surface area contributed by atoms with Gasteiger partial charge in [0, 0.05) is 25.3 Å². The molecule has 1 aliphatic heterocycles. The van der Waals surface area contributed by atoms with Gasteiger partial charge in [0.1, 0.15) is 0 Å². The van der Waals surface area contributed by atoms with E-state index in [-0.39, 0.29) is 12.1 Å². The predicted octanol–water partition coefficient (Wildman–Crippen LogP) is 1.51. The summed E-state index contributed by atoms with van der Waals surface area (Å²) >= 11 is 0. The molecular weight excluding hydrogens is 312 g/mol. The summed E-state index contributed by atoms with van der Waals surface area (Å²) in [5.74, 6) is 0. The van der Waals surface area contributed by atoms with Crippen molar-refractivity contribution in [1.29, 1.82) is 0 Å². The summed E-state index contributed by atoms with van der Waals surface area (Å²) in [4.78, 5) is 7.25. The first-order valence-electron chi connectivity index (χ1n) is 7.79. The number of benzene rings is 1. The molecule has 3 rings (SSSR count). The van der Waals surface area contributed by atoms with Crippen LogP contribution in [0.3, 0.4) is 0 Å². The number of rotatable bonds is 6. The van der Waals surface area contributed by atoms with Crippen LogP contribution in [0.2, 0.25) is 0 Å². The monoisotopic (exact) mass is 334 g/mol. The first-order chi connectivity index (χ1) is 11.1. The number of imidazole rings is 1. The maximum Gasteiger partial charge on any atom is 0.211 e. The van der Waals surface area contributed by atoms with E-state index < -0.39 is 10.0 Å². The van der Waals surface area contributed by atoms with Crippen molar-refractivity contribution in [3.63, 3.8) is 0 Å². The Bertz CT molecular complexity index is 716. The minimum absolute atomic E-state index is 0.0131. The van der Waals surface area contributed by atoms with Crippen LogP contribution in [-0.2, 0) is 10.0 Å². The number of H-pyrrole nitrogens is 1. The van der Waals surface area contributed by atoms with Gasteiger partial charge in [-0.25, -0.2) is 13.4 Å². The number of aromatic amines is 1. The zero-order valence-corrected chi connectivity index (χ0v) is 14.0. The molecule has 0 saturated carbocycles. The number of nitrogens with zero attached hydrogens (tertiary/aromatic N) is 2. The van der Waals surface area contributed by atoms with Crippen LogP contribution in [0.25, 0.3) is 0 Å². The molecule has 0 bridgehead atoms.